The van der Waals surface area contributed by atoms with Gasteiger partial charge in [0.1, 0.15) is 18.3 Å². The maximum atomic E-state index is 14.2. The number of aliphatic carboxylic acids is 1. The molecule has 13 N–H and O–H groups in total. The highest BCUT2D eigenvalue weighted by molar-refractivity contribution is 5.82. The number of fused-ring (bicyclic) bond motifs is 5. The molecule has 3 aliphatic heterocycles. The summed E-state index contributed by atoms with van der Waals surface area (Å²) in [6.45, 7) is 10.5. The van der Waals surface area contributed by atoms with E-state index in [4.69, 9.17) is 15.2 Å². The summed E-state index contributed by atoms with van der Waals surface area (Å²) >= 11 is 0. The van der Waals surface area contributed by atoms with Crippen molar-refractivity contribution in [3.05, 3.63) is 29.9 Å². The van der Waals surface area contributed by atoms with Crippen molar-refractivity contribution in [3.8, 4) is 0 Å². The molecule has 5 aliphatic carbocycles. The average Bonchev–Trinajstić information content (AvgIpc) is 3.93. The number of carbonyl (C=O) groups is 2. The van der Waals surface area contributed by atoms with Crippen molar-refractivity contribution in [1.29, 1.82) is 0 Å². The third kappa shape index (κ3) is 6.53. The van der Waals surface area contributed by atoms with Crippen LogP contribution in [0.5, 0.6) is 0 Å². The molecule has 1 aromatic heterocycles. The van der Waals surface area contributed by atoms with Gasteiger partial charge in [-0.25, -0.2) is 4.98 Å². The minimum atomic E-state index is -1.66. The summed E-state index contributed by atoms with van der Waals surface area (Å²) in [7, 11) is 0. The van der Waals surface area contributed by atoms with E-state index in [9.17, 15) is 50.4 Å². The first-order valence-electron chi connectivity index (χ1n) is 24.7. The summed E-state index contributed by atoms with van der Waals surface area (Å²) in [4.78, 5) is 35.2. The van der Waals surface area contributed by atoms with Gasteiger partial charge in [0.05, 0.1) is 49.7 Å². The van der Waals surface area contributed by atoms with Gasteiger partial charge in [0.15, 0.2) is 6.29 Å². The largest absolute Gasteiger partial charge is 0.481 e. The number of carbonyl (C=O) groups excluding carboxylic acids is 1. The first kappa shape index (κ1) is 48.5. The number of hydrogen-bond donors (Lipinski definition) is 12. The Kier molecular flexibility index (Phi) is 12.3. The second-order valence-electron chi connectivity index (χ2n) is 23.6. The van der Waals surface area contributed by atoms with Crippen LogP contribution in [0.4, 0.5) is 0 Å². The van der Waals surface area contributed by atoms with Crippen LogP contribution in [0.25, 0.3) is 0 Å². The van der Waals surface area contributed by atoms with Crippen LogP contribution < -0.4 is 16.4 Å². The molecule has 1 aromatic rings. The highest BCUT2D eigenvalue weighted by Crippen LogP contribution is 2.80. The number of H-pyrrole nitrogens is 1. The van der Waals surface area contributed by atoms with E-state index in [1.807, 2.05) is 6.92 Å². The van der Waals surface area contributed by atoms with Crippen LogP contribution in [0.3, 0.4) is 0 Å². The van der Waals surface area contributed by atoms with Crippen LogP contribution in [-0.2, 0) is 19.1 Å². The lowest BCUT2D eigenvalue weighted by molar-refractivity contribution is -0.371. The number of carboxylic acids is 1. The number of ether oxygens (including phenoxy) is 2. The molecule has 21 atom stereocenters. The number of nitrogens with two attached hydrogens (primary N) is 1. The second kappa shape index (κ2) is 16.8. The van der Waals surface area contributed by atoms with E-state index in [1.165, 1.54) is 0 Å². The van der Waals surface area contributed by atoms with E-state index >= 15 is 0 Å². The van der Waals surface area contributed by atoms with Gasteiger partial charge in [-0.1, -0.05) is 46.3 Å². The SMILES string of the molecule is CC1(CO)CCC2(C(=O)O)CCC3(C)C(=CCC4C3(C)CC3NCC5(CC6C(CO)C(=O)NC6C(CCCN)c6cnc[nH]6)C(O)C(OC6OCC(O)C(O)C6O)C(C)(CO)C3C45C)C2C1. The van der Waals surface area contributed by atoms with Crippen LogP contribution >= 0.6 is 0 Å². The number of aromatic amines is 1. The molecule has 0 radical (unpaired) electrons. The zero-order valence-corrected chi connectivity index (χ0v) is 39.4. The topological polar surface area (TPSA) is 293 Å². The summed E-state index contributed by atoms with van der Waals surface area (Å²) in [6.07, 6.45) is 2.71. The molecule has 0 spiro atoms. The zero-order valence-electron chi connectivity index (χ0n) is 39.4. The van der Waals surface area contributed by atoms with Crippen molar-refractivity contribution in [2.75, 3.05) is 39.5 Å². The minimum absolute atomic E-state index is 0.0253. The van der Waals surface area contributed by atoms with Crippen molar-refractivity contribution in [2.45, 2.75) is 154 Å². The summed E-state index contributed by atoms with van der Waals surface area (Å²) < 4.78 is 12.6. The van der Waals surface area contributed by atoms with Crippen molar-refractivity contribution < 1.29 is 59.9 Å². The molecule has 17 nitrogen and oxygen atoms in total. The number of nitrogens with one attached hydrogen (secondary N) is 3. The molecule has 0 aromatic carbocycles. The number of amides is 1. The predicted molar refractivity (Wildman–Crippen MR) is 239 cm³/mol. The van der Waals surface area contributed by atoms with Crippen molar-refractivity contribution in [3.63, 3.8) is 0 Å². The molecule has 4 heterocycles. The predicted octanol–water partition coefficient (Wildman–Crippen LogP) is 1.15. The lowest BCUT2D eigenvalue weighted by Crippen LogP contribution is -2.84. The number of imidazole rings is 1. The maximum Gasteiger partial charge on any atom is 0.310 e. The second-order valence-corrected chi connectivity index (χ2v) is 23.6. The Bertz CT molecular complexity index is 2030. The fourth-order valence-electron chi connectivity index (χ4n) is 17.1. The first-order valence-corrected chi connectivity index (χ1v) is 24.7. The number of piperidine rings is 1. The van der Waals surface area contributed by atoms with E-state index in [2.05, 4.69) is 54.4 Å². The number of aliphatic hydroxyl groups is 7. The highest BCUT2D eigenvalue weighted by atomic mass is 16.7. The smallest absolute Gasteiger partial charge is 0.310 e. The highest BCUT2D eigenvalue weighted by Gasteiger charge is 2.80. The first-order chi connectivity index (χ1) is 31.2. The zero-order chi connectivity index (χ0) is 47.6. The Morgan fingerprint density at radius 3 is 2.41 bits per heavy atom. The Morgan fingerprint density at radius 2 is 1.76 bits per heavy atom. The van der Waals surface area contributed by atoms with E-state index in [0.29, 0.717) is 70.9 Å². The summed E-state index contributed by atoms with van der Waals surface area (Å²) in [5.41, 5.74) is 2.62. The molecule has 7 fully saturated rings. The molecule has 17 heteroatoms. The van der Waals surface area contributed by atoms with Crippen LogP contribution in [-0.4, -0.2) is 151 Å². The molecule has 21 unspecified atom stereocenters. The third-order valence-corrected chi connectivity index (χ3v) is 21.0. The van der Waals surface area contributed by atoms with Gasteiger partial charge in [0, 0.05) is 53.9 Å². The molecular formula is C49H77N5O12. The van der Waals surface area contributed by atoms with Gasteiger partial charge in [0.2, 0.25) is 5.91 Å². The van der Waals surface area contributed by atoms with Gasteiger partial charge in [-0.15, -0.1) is 0 Å². The third-order valence-electron chi connectivity index (χ3n) is 21.0. The van der Waals surface area contributed by atoms with E-state index < -0.39 is 112 Å². The van der Waals surface area contributed by atoms with Gasteiger partial charge in [0.25, 0.3) is 0 Å². The molecule has 3 saturated heterocycles. The molecule has 4 bridgehead atoms. The van der Waals surface area contributed by atoms with Crippen LogP contribution in [0.1, 0.15) is 110 Å². The van der Waals surface area contributed by atoms with Crippen molar-refractivity contribution in [2.24, 2.45) is 73.2 Å². The fraction of sp³-hybridized carbons (Fsp3) is 0.857. The average molecular weight is 928 g/mol. The minimum Gasteiger partial charge on any atom is -0.481 e. The quantitative estimate of drug-likeness (QED) is 0.0977. The molecular weight excluding hydrogens is 851 g/mol. The lowest BCUT2D eigenvalue weighted by atomic mass is 9.27. The standard InChI is InChI=1S/C49H77N5O12/c1-43(22-56)10-12-48(42(63)64)13-11-45(3)28(29(48)16-43)8-9-33-46(45,4)17-30-37-44(2,23-57)39(66-41-36(60)35(59)32(58)20-65-41)38(61)49(21-52-30,47(33,37)5)15-26-27(19-55)40(62)54-34(26)25(7-6-14-50)31-18-51-24-53-31/h8,18,24-27,29-30,32-39,41,52,55-61H,6-7,9-17,19-23,50H2,1-5H3,(H,51,53)(H,54,62)(H,63,64). The number of carboxylic acid groups (broad SMARTS) is 1. The van der Waals surface area contributed by atoms with Crippen LogP contribution in [0, 0.1) is 67.5 Å². The Labute approximate surface area is 387 Å². The molecule has 1 amide bonds. The molecule has 4 saturated carbocycles. The summed E-state index contributed by atoms with van der Waals surface area (Å²) in [5.74, 6) is -3.46. The van der Waals surface area contributed by atoms with E-state index in [0.717, 1.165) is 11.3 Å². The molecule has 370 valence electrons. The monoisotopic (exact) mass is 928 g/mol. The van der Waals surface area contributed by atoms with Gasteiger partial charge in [-0.05, 0) is 116 Å². The number of aliphatic hydroxyl groups excluding tert-OH is 7. The number of allylic oxidation sites excluding steroid dienone is 2. The van der Waals surface area contributed by atoms with Crippen molar-refractivity contribution >= 4 is 11.9 Å². The van der Waals surface area contributed by atoms with E-state index in [1.54, 1.807) is 12.5 Å². The molecule has 66 heavy (non-hydrogen) atoms. The summed E-state index contributed by atoms with van der Waals surface area (Å²) in [5, 5.41) is 98.2. The van der Waals surface area contributed by atoms with Crippen molar-refractivity contribution in [1.82, 2.24) is 20.6 Å². The van der Waals surface area contributed by atoms with Crippen LogP contribution in [0.2, 0.25) is 0 Å². The number of nitrogens with zero attached hydrogens (tertiary/aromatic N) is 1. The van der Waals surface area contributed by atoms with Crippen LogP contribution in [0.15, 0.2) is 24.2 Å². The van der Waals surface area contributed by atoms with E-state index in [-0.39, 0.29) is 55.3 Å². The Hall–Kier alpha value is -2.55. The normalized spacial score (nSPS) is 51.2. The lowest BCUT2D eigenvalue weighted by Gasteiger charge is -2.80. The number of hydrogen-bond acceptors (Lipinski definition) is 14. The fourth-order valence-corrected chi connectivity index (χ4v) is 17.1. The van der Waals surface area contributed by atoms with Gasteiger partial charge in [-0.3, -0.25) is 9.59 Å². The number of aromatic nitrogens is 2. The van der Waals surface area contributed by atoms with Gasteiger partial charge >= 0.3 is 5.97 Å². The van der Waals surface area contributed by atoms with Gasteiger partial charge in [-0.2, -0.15) is 0 Å². The molecule has 8 aliphatic rings. The Morgan fingerprint density at radius 1 is 1.02 bits per heavy atom. The van der Waals surface area contributed by atoms with Gasteiger partial charge < -0.3 is 71.7 Å². The molecule has 9 rings (SSSR count). The number of rotatable bonds is 13. The Balaban J connectivity index is 1.22. The maximum absolute atomic E-state index is 14.2. The summed E-state index contributed by atoms with van der Waals surface area (Å²) in [6, 6.07) is -0.732.